The minimum absolute atomic E-state index is 0.0445. The summed E-state index contributed by atoms with van der Waals surface area (Å²) >= 11 is 0. The number of carbonyl (C=O) groups is 1. The molecule has 0 bridgehead atoms. The van der Waals surface area contributed by atoms with Crippen molar-refractivity contribution in [3.63, 3.8) is 0 Å². The Morgan fingerprint density at radius 2 is 1.90 bits per heavy atom. The Balaban J connectivity index is 2.05. The van der Waals surface area contributed by atoms with Gasteiger partial charge < -0.3 is 10.6 Å². The number of aryl methyl sites for hydroxylation is 1. The minimum atomic E-state index is -0.0445. The van der Waals surface area contributed by atoms with Crippen molar-refractivity contribution in [1.29, 1.82) is 0 Å². The SMILES string of the molecule is CCNc1cc(C)ncc1C(=O)NCC1C(C)(C)C1(C)C. The van der Waals surface area contributed by atoms with Gasteiger partial charge in [-0.05, 0) is 36.7 Å². The molecule has 0 unspecified atom stereocenters. The molecule has 1 aromatic heterocycles. The molecule has 116 valence electrons. The first-order valence-corrected chi connectivity index (χ1v) is 7.70. The largest absolute Gasteiger partial charge is 0.385 e. The number of carbonyl (C=O) groups excluding carboxylic acids is 1. The second-order valence-corrected chi connectivity index (χ2v) is 7.11. The highest BCUT2D eigenvalue weighted by Crippen LogP contribution is 2.67. The van der Waals surface area contributed by atoms with Crippen molar-refractivity contribution >= 4 is 11.6 Å². The van der Waals surface area contributed by atoms with Crippen LogP contribution in [0.15, 0.2) is 12.3 Å². The average molecular weight is 289 g/mol. The van der Waals surface area contributed by atoms with Gasteiger partial charge in [0.2, 0.25) is 0 Å². The third kappa shape index (κ3) is 2.76. The molecule has 1 heterocycles. The van der Waals surface area contributed by atoms with Crippen LogP contribution in [-0.2, 0) is 0 Å². The van der Waals surface area contributed by atoms with E-state index >= 15 is 0 Å². The van der Waals surface area contributed by atoms with E-state index < -0.39 is 0 Å². The van der Waals surface area contributed by atoms with Crippen LogP contribution in [0.5, 0.6) is 0 Å². The predicted molar refractivity (Wildman–Crippen MR) is 86.5 cm³/mol. The molecule has 0 spiro atoms. The van der Waals surface area contributed by atoms with Gasteiger partial charge in [-0.15, -0.1) is 0 Å². The van der Waals surface area contributed by atoms with Gasteiger partial charge in [0, 0.05) is 25.0 Å². The maximum absolute atomic E-state index is 12.4. The first-order chi connectivity index (χ1) is 9.71. The molecule has 4 heteroatoms. The lowest BCUT2D eigenvalue weighted by molar-refractivity contribution is 0.0950. The van der Waals surface area contributed by atoms with Crippen molar-refractivity contribution in [2.24, 2.45) is 16.7 Å². The van der Waals surface area contributed by atoms with Gasteiger partial charge in [-0.1, -0.05) is 27.7 Å². The number of rotatable bonds is 5. The van der Waals surface area contributed by atoms with E-state index in [2.05, 4.69) is 43.3 Å². The molecule has 0 atom stereocenters. The summed E-state index contributed by atoms with van der Waals surface area (Å²) in [5.74, 6) is 0.479. The highest BCUT2D eigenvalue weighted by atomic mass is 16.1. The number of hydrogen-bond acceptors (Lipinski definition) is 3. The Morgan fingerprint density at radius 3 is 2.43 bits per heavy atom. The van der Waals surface area contributed by atoms with Crippen LogP contribution in [0.4, 0.5) is 5.69 Å². The van der Waals surface area contributed by atoms with Gasteiger partial charge in [-0.2, -0.15) is 0 Å². The van der Waals surface area contributed by atoms with Gasteiger partial charge in [0.05, 0.1) is 11.3 Å². The molecule has 0 aromatic carbocycles. The topological polar surface area (TPSA) is 54.0 Å². The number of nitrogens with zero attached hydrogens (tertiary/aromatic N) is 1. The molecule has 1 fully saturated rings. The summed E-state index contributed by atoms with van der Waals surface area (Å²) in [5.41, 5.74) is 2.97. The van der Waals surface area contributed by atoms with Gasteiger partial charge in [-0.25, -0.2) is 0 Å². The summed E-state index contributed by atoms with van der Waals surface area (Å²) < 4.78 is 0. The molecule has 4 nitrogen and oxygen atoms in total. The lowest BCUT2D eigenvalue weighted by atomic mass is 10.0. The number of hydrogen-bond donors (Lipinski definition) is 2. The van der Waals surface area contributed by atoms with Crippen LogP contribution < -0.4 is 10.6 Å². The Bertz CT molecular complexity index is 535. The van der Waals surface area contributed by atoms with E-state index in [1.807, 2.05) is 19.9 Å². The molecule has 1 amide bonds. The molecule has 0 radical (unpaired) electrons. The maximum Gasteiger partial charge on any atom is 0.254 e. The zero-order valence-electron chi connectivity index (χ0n) is 14.0. The summed E-state index contributed by atoms with van der Waals surface area (Å²) in [4.78, 5) is 16.7. The van der Waals surface area contributed by atoms with Gasteiger partial charge in [0.15, 0.2) is 0 Å². The molecule has 1 aliphatic carbocycles. The molecule has 1 aromatic rings. The van der Waals surface area contributed by atoms with Gasteiger partial charge in [0.1, 0.15) is 0 Å². The zero-order chi connectivity index (χ0) is 15.8. The van der Waals surface area contributed by atoms with E-state index in [0.29, 0.717) is 11.5 Å². The number of pyridine rings is 1. The van der Waals surface area contributed by atoms with E-state index in [-0.39, 0.29) is 16.7 Å². The molecule has 1 aliphatic rings. The molecule has 0 saturated heterocycles. The Morgan fingerprint density at radius 1 is 1.29 bits per heavy atom. The lowest BCUT2D eigenvalue weighted by Crippen LogP contribution is -2.28. The smallest absolute Gasteiger partial charge is 0.254 e. The number of aromatic nitrogens is 1. The number of amides is 1. The van der Waals surface area contributed by atoms with Crippen LogP contribution in [0.25, 0.3) is 0 Å². The first kappa shape index (κ1) is 15.8. The van der Waals surface area contributed by atoms with Crippen molar-refractivity contribution in [3.05, 3.63) is 23.5 Å². The molecule has 1 saturated carbocycles. The van der Waals surface area contributed by atoms with Crippen molar-refractivity contribution in [1.82, 2.24) is 10.3 Å². The normalized spacial score (nSPS) is 19.1. The fourth-order valence-electron chi connectivity index (χ4n) is 3.21. The van der Waals surface area contributed by atoms with E-state index in [1.54, 1.807) is 6.20 Å². The molecule has 21 heavy (non-hydrogen) atoms. The number of anilines is 1. The monoisotopic (exact) mass is 289 g/mol. The van der Waals surface area contributed by atoms with Crippen LogP contribution in [0.3, 0.4) is 0 Å². The second kappa shape index (κ2) is 5.32. The second-order valence-electron chi connectivity index (χ2n) is 7.11. The Labute approximate surface area is 127 Å². The summed E-state index contributed by atoms with van der Waals surface area (Å²) in [7, 11) is 0. The van der Waals surface area contributed by atoms with Crippen molar-refractivity contribution in [3.8, 4) is 0 Å². The molecule has 0 aliphatic heterocycles. The summed E-state index contributed by atoms with van der Waals surface area (Å²) in [6, 6.07) is 1.92. The predicted octanol–water partition coefficient (Wildman–Crippen LogP) is 3.23. The highest BCUT2D eigenvalue weighted by Gasteiger charge is 2.64. The lowest BCUT2D eigenvalue weighted by Gasteiger charge is -2.12. The summed E-state index contributed by atoms with van der Waals surface area (Å²) in [6.07, 6.45) is 1.66. The van der Waals surface area contributed by atoms with Crippen LogP contribution in [-0.4, -0.2) is 24.0 Å². The van der Waals surface area contributed by atoms with E-state index in [0.717, 1.165) is 24.5 Å². The van der Waals surface area contributed by atoms with Crippen LogP contribution in [0.2, 0.25) is 0 Å². The van der Waals surface area contributed by atoms with Crippen molar-refractivity contribution < 1.29 is 4.79 Å². The van der Waals surface area contributed by atoms with E-state index in [1.165, 1.54) is 0 Å². The molecule has 2 rings (SSSR count). The molecular formula is C17H27N3O. The van der Waals surface area contributed by atoms with Gasteiger partial charge in [-0.3, -0.25) is 9.78 Å². The zero-order valence-corrected chi connectivity index (χ0v) is 14.0. The molecule has 2 N–H and O–H groups in total. The first-order valence-electron chi connectivity index (χ1n) is 7.70. The fourth-order valence-corrected chi connectivity index (χ4v) is 3.21. The van der Waals surface area contributed by atoms with E-state index in [9.17, 15) is 4.79 Å². The van der Waals surface area contributed by atoms with Crippen molar-refractivity contribution in [2.75, 3.05) is 18.4 Å². The minimum Gasteiger partial charge on any atom is -0.385 e. The summed E-state index contributed by atoms with van der Waals surface area (Å²) in [6.45, 7) is 14.5. The fraction of sp³-hybridized carbons (Fsp3) is 0.647. The van der Waals surface area contributed by atoms with Crippen molar-refractivity contribution in [2.45, 2.75) is 41.5 Å². The third-order valence-electron chi connectivity index (χ3n) is 5.44. The average Bonchev–Trinajstić information content (AvgIpc) is 2.77. The number of nitrogens with one attached hydrogen (secondary N) is 2. The van der Waals surface area contributed by atoms with Crippen LogP contribution in [0, 0.1) is 23.7 Å². The highest BCUT2D eigenvalue weighted by molar-refractivity contribution is 5.99. The van der Waals surface area contributed by atoms with E-state index in [4.69, 9.17) is 0 Å². The quantitative estimate of drug-likeness (QED) is 0.875. The maximum atomic E-state index is 12.4. The summed E-state index contributed by atoms with van der Waals surface area (Å²) in [5, 5.41) is 6.30. The van der Waals surface area contributed by atoms with Crippen LogP contribution >= 0.6 is 0 Å². The Hall–Kier alpha value is -1.58. The van der Waals surface area contributed by atoms with Gasteiger partial charge >= 0.3 is 0 Å². The van der Waals surface area contributed by atoms with Crippen LogP contribution in [0.1, 0.15) is 50.7 Å². The Kier molecular flexibility index (Phi) is 4.00. The third-order valence-corrected chi connectivity index (χ3v) is 5.44. The molecular weight excluding hydrogens is 262 g/mol. The van der Waals surface area contributed by atoms with Gasteiger partial charge in [0.25, 0.3) is 5.91 Å². The standard InChI is InChI=1S/C17H27N3O/c1-7-18-13-8-11(2)19-9-12(13)15(21)20-10-14-16(3,4)17(14,5)6/h8-9,14H,7,10H2,1-6H3,(H,18,19)(H,20,21).